The van der Waals surface area contributed by atoms with Crippen LogP contribution in [-0.2, 0) is 6.42 Å². The van der Waals surface area contributed by atoms with Gasteiger partial charge in [0.25, 0.3) is 0 Å². The van der Waals surface area contributed by atoms with Crippen LogP contribution in [0.1, 0.15) is 18.2 Å². The van der Waals surface area contributed by atoms with Crippen LogP contribution in [0.15, 0.2) is 60.8 Å². The molecule has 1 aromatic heterocycles. The highest BCUT2D eigenvalue weighted by molar-refractivity contribution is 5.80. The molecule has 1 aliphatic rings. The molecule has 4 rings (SSSR count). The third-order valence-electron chi connectivity index (χ3n) is 3.84. The average molecular weight is 249 g/mol. The topological polar surface area (TPSA) is 14.2 Å². The standard InChI is InChI=1S/C17H15NO/c1-3-7-15-13(5-1)11-12-18(15)17-10-9-14-6-2-4-8-16(14)19-17/h1-8,11-12,17H,9-10H2. The molecule has 0 saturated heterocycles. The predicted octanol–water partition coefficient (Wildman–Crippen LogP) is 4.17. The van der Waals surface area contributed by atoms with Gasteiger partial charge in [-0.05, 0) is 35.6 Å². The molecule has 2 aromatic carbocycles. The molecule has 19 heavy (non-hydrogen) atoms. The third kappa shape index (κ3) is 1.72. The van der Waals surface area contributed by atoms with E-state index in [1.807, 2.05) is 6.07 Å². The summed E-state index contributed by atoms with van der Waals surface area (Å²) in [5.74, 6) is 1.02. The molecule has 2 heteroatoms. The fraction of sp³-hybridized carbons (Fsp3) is 0.176. The lowest BCUT2D eigenvalue weighted by molar-refractivity contribution is 0.111. The lowest BCUT2D eigenvalue weighted by Crippen LogP contribution is -2.20. The van der Waals surface area contributed by atoms with E-state index in [0.29, 0.717) is 0 Å². The summed E-state index contributed by atoms with van der Waals surface area (Å²) in [7, 11) is 0. The molecule has 2 heterocycles. The Kier molecular flexibility index (Phi) is 2.34. The largest absolute Gasteiger partial charge is 0.470 e. The number of para-hydroxylation sites is 2. The van der Waals surface area contributed by atoms with Gasteiger partial charge in [-0.25, -0.2) is 0 Å². The number of nitrogens with zero attached hydrogens (tertiary/aromatic N) is 1. The van der Waals surface area contributed by atoms with E-state index in [1.165, 1.54) is 16.5 Å². The van der Waals surface area contributed by atoms with Crippen molar-refractivity contribution in [3.05, 3.63) is 66.4 Å². The molecule has 0 N–H and O–H groups in total. The summed E-state index contributed by atoms with van der Waals surface area (Å²) in [5.41, 5.74) is 2.56. The number of hydrogen-bond donors (Lipinski definition) is 0. The number of benzene rings is 2. The summed E-state index contributed by atoms with van der Waals surface area (Å²) in [6.07, 6.45) is 4.33. The van der Waals surface area contributed by atoms with Crippen LogP contribution in [0.3, 0.4) is 0 Å². The first-order valence-electron chi connectivity index (χ1n) is 6.72. The molecule has 2 nitrogen and oxygen atoms in total. The Morgan fingerprint density at radius 2 is 1.79 bits per heavy atom. The van der Waals surface area contributed by atoms with E-state index in [2.05, 4.69) is 59.3 Å². The predicted molar refractivity (Wildman–Crippen MR) is 76.4 cm³/mol. The van der Waals surface area contributed by atoms with Gasteiger partial charge in [0.2, 0.25) is 0 Å². The molecule has 0 aliphatic carbocycles. The quantitative estimate of drug-likeness (QED) is 0.631. The first kappa shape index (κ1) is 10.7. The SMILES string of the molecule is c1ccc2c(c1)CCC(n1ccc3ccccc31)O2. The van der Waals surface area contributed by atoms with Crippen molar-refractivity contribution in [3.8, 4) is 5.75 Å². The van der Waals surface area contributed by atoms with Gasteiger partial charge in [-0.2, -0.15) is 0 Å². The molecule has 94 valence electrons. The van der Waals surface area contributed by atoms with Gasteiger partial charge in [-0.1, -0.05) is 36.4 Å². The number of aromatic nitrogens is 1. The Balaban J connectivity index is 1.75. The lowest BCUT2D eigenvalue weighted by Gasteiger charge is -2.27. The van der Waals surface area contributed by atoms with Crippen LogP contribution in [0, 0.1) is 0 Å². The van der Waals surface area contributed by atoms with Crippen LogP contribution < -0.4 is 4.74 Å². The monoisotopic (exact) mass is 249 g/mol. The highest BCUT2D eigenvalue weighted by atomic mass is 16.5. The number of rotatable bonds is 1. The minimum absolute atomic E-state index is 0.106. The van der Waals surface area contributed by atoms with Gasteiger partial charge in [0.15, 0.2) is 6.23 Å². The van der Waals surface area contributed by atoms with Crippen molar-refractivity contribution in [2.75, 3.05) is 0 Å². The fourth-order valence-electron chi connectivity index (χ4n) is 2.86. The first-order valence-corrected chi connectivity index (χ1v) is 6.72. The van der Waals surface area contributed by atoms with Crippen LogP contribution in [0.25, 0.3) is 10.9 Å². The van der Waals surface area contributed by atoms with Crippen molar-refractivity contribution in [1.29, 1.82) is 0 Å². The maximum Gasteiger partial charge on any atom is 0.176 e. The normalized spacial score (nSPS) is 18.0. The van der Waals surface area contributed by atoms with Crippen LogP contribution in [0.5, 0.6) is 5.75 Å². The molecule has 1 unspecified atom stereocenters. The Morgan fingerprint density at radius 1 is 0.947 bits per heavy atom. The van der Waals surface area contributed by atoms with Gasteiger partial charge in [-0.3, -0.25) is 0 Å². The van der Waals surface area contributed by atoms with Crippen LogP contribution >= 0.6 is 0 Å². The minimum atomic E-state index is 0.106. The van der Waals surface area contributed by atoms with Gasteiger partial charge in [0.1, 0.15) is 5.75 Å². The molecule has 0 radical (unpaired) electrons. The highest BCUT2D eigenvalue weighted by Gasteiger charge is 2.21. The second kappa shape index (κ2) is 4.16. The van der Waals surface area contributed by atoms with E-state index in [-0.39, 0.29) is 6.23 Å². The van der Waals surface area contributed by atoms with Gasteiger partial charge in [-0.15, -0.1) is 0 Å². The second-order valence-electron chi connectivity index (χ2n) is 5.00. The smallest absolute Gasteiger partial charge is 0.176 e. The number of fused-ring (bicyclic) bond motifs is 2. The van der Waals surface area contributed by atoms with Crippen LogP contribution in [-0.4, -0.2) is 4.57 Å². The molecule has 3 aromatic rings. The highest BCUT2D eigenvalue weighted by Crippen LogP contribution is 2.33. The van der Waals surface area contributed by atoms with Crippen molar-refractivity contribution >= 4 is 10.9 Å². The third-order valence-corrected chi connectivity index (χ3v) is 3.84. The van der Waals surface area contributed by atoms with E-state index in [9.17, 15) is 0 Å². The Labute approximate surface area is 112 Å². The molecule has 1 aliphatic heterocycles. The first-order chi connectivity index (χ1) is 9.42. The Bertz CT molecular complexity index is 729. The molecule has 0 spiro atoms. The number of hydrogen-bond acceptors (Lipinski definition) is 1. The number of ether oxygens (including phenoxy) is 1. The summed E-state index contributed by atoms with van der Waals surface area (Å²) >= 11 is 0. The van der Waals surface area contributed by atoms with Gasteiger partial charge in [0.05, 0.1) is 5.52 Å². The van der Waals surface area contributed by atoms with Gasteiger partial charge < -0.3 is 9.30 Å². The van der Waals surface area contributed by atoms with Crippen molar-refractivity contribution in [2.24, 2.45) is 0 Å². The van der Waals surface area contributed by atoms with E-state index in [1.54, 1.807) is 0 Å². The lowest BCUT2D eigenvalue weighted by atomic mass is 10.1. The molecular formula is C17H15NO. The zero-order chi connectivity index (χ0) is 12.7. The van der Waals surface area contributed by atoms with Crippen molar-refractivity contribution in [3.63, 3.8) is 0 Å². The fourth-order valence-corrected chi connectivity index (χ4v) is 2.86. The molecule has 1 atom stereocenters. The molecule has 0 amide bonds. The van der Waals surface area contributed by atoms with Crippen LogP contribution in [0.2, 0.25) is 0 Å². The van der Waals surface area contributed by atoms with Crippen molar-refractivity contribution < 1.29 is 4.74 Å². The summed E-state index contributed by atoms with van der Waals surface area (Å²) < 4.78 is 8.39. The van der Waals surface area contributed by atoms with Crippen LogP contribution in [0.4, 0.5) is 0 Å². The van der Waals surface area contributed by atoms with Gasteiger partial charge >= 0.3 is 0 Å². The number of aryl methyl sites for hydroxylation is 1. The van der Waals surface area contributed by atoms with E-state index >= 15 is 0 Å². The summed E-state index contributed by atoms with van der Waals surface area (Å²) in [6.45, 7) is 0. The van der Waals surface area contributed by atoms with Crippen molar-refractivity contribution in [1.82, 2.24) is 4.57 Å². The molecule has 0 bridgehead atoms. The maximum atomic E-state index is 6.15. The molecule has 0 fully saturated rings. The summed E-state index contributed by atoms with van der Waals surface area (Å²) in [4.78, 5) is 0. The van der Waals surface area contributed by atoms with E-state index in [4.69, 9.17) is 4.74 Å². The van der Waals surface area contributed by atoms with E-state index < -0.39 is 0 Å². The average Bonchev–Trinajstić information content (AvgIpc) is 2.91. The zero-order valence-corrected chi connectivity index (χ0v) is 10.6. The molecular weight excluding hydrogens is 234 g/mol. The Hall–Kier alpha value is -2.22. The maximum absolute atomic E-state index is 6.15. The zero-order valence-electron chi connectivity index (χ0n) is 10.6. The Morgan fingerprint density at radius 3 is 2.79 bits per heavy atom. The van der Waals surface area contributed by atoms with Gasteiger partial charge in [0, 0.05) is 12.6 Å². The second-order valence-corrected chi connectivity index (χ2v) is 5.00. The van der Waals surface area contributed by atoms with E-state index in [0.717, 1.165) is 18.6 Å². The van der Waals surface area contributed by atoms with Crippen molar-refractivity contribution in [2.45, 2.75) is 19.1 Å². The summed E-state index contributed by atoms with van der Waals surface area (Å²) in [5, 5.41) is 1.27. The summed E-state index contributed by atoms with van der Waals surface area (Å²) in [6, 6.07) is 18.9. The minimum Gasteiger partial charge on any atom is -0.470 e. The molecule has 0 saturated carbocycles.